The normalized spacial score (nSPS) is 18.3. The second-order valence-corrected chi connectivity index (χ2v) is 4.93. The van der Waals surface area contributed by atoms with E-state index < -0.39 is 5.97 Å². The summed E-state index contributed by atoms with van der Waals surface area (Å²) < 4.78 is 10.1. The molecule has 19 heavy (non-hydrogen) atoms. The Morgan fingerprint density at radius 2 is 2.42 bits per heavy atom. The van der Waals surface area contributed by atoms with Crippen molar-refractivity contribution in [3.05, 3.63) is 22.7 Å². The molecule has 1 heterocycles. The van der Waals surface area contributed by atoms with Crippen molar-refractivity contribution in [1.82, 2.24) is 0 Å². The summed E-state index contributed by atoms with van der Waals surface area (Å²) in [6.45, 7) is 2.21. The molecule has 0 saturated carbocycles. The largest absolute Gasteiger partial charge is 0.465 e. The number of hydrogen-bond donors (Lipinski definition) is 2. The minimum atomic E-state index is -0.459. The quantitative estimate of drug-likeness (QED) is 0.655. The Hall–Kier alpha value is -1.46. The van der Waals surface area contributed by atoms with E-state index in [1.807, 2.05) is 0 Å². The average molecular weight is 285 g/mol. The van der Waals surface area contributed by atoms with Gasteiger partial charge in [-0.15, -0.1) is 0 Å². The lowest BCUT2D eigenvalue weighted by atomic mass is 10.1. The summed E-state index contributed by atoms with van der Waals surface area (Å²) in [4.78, 5) is 11.7. The Labute approximate surface area is 117 Å². The number of benzene rings is 1. The van der Waals surface area contributed by atoms with E-state index in [2.05, 4.69) is 5.32 Å². The zero-order valence-electron chi connectivity index (χ0n) is 10.7. The highest BCUT2D eigenvalue weighted by atomic mass is 35.5. The monoisotopic (exact) mass is 284 g/mol. The molecule has 1 aliphatic heterocycles. The molecule has 0 aromatic heterocycles. The fourth-order valence-electron chi connectivity index (χ4n) is 2.07. The number of esters is 1. The molecule has 0 radical (unpaired) electrons. The Kier molecular flexibility index (Phi) is 4.50. The lowest BCUT2D eigenvalue weighted by molar-refractivity contribution is 0.0602. The molecule has 1 fully saturated rings. The summed E-state index contributed by atoms with van der Waals surface area (Å²) in [5.41, 5.74) is 7.05. The molecule has 1 aromatic rings. The van der Waals surface area contributed by atoms with Gasteiger partial charge in [0.25, 0.3) is 0 Å². The van der Waals surface area contributed by atoms with E-state index in [0.717, 1.165) is 19.6 Å². The van der Waals surface area contributed by atoms with Gasteiger partial charge in [-0.25, -0.2) is 4.79 Å². The topological polar surface area (TPSA) is 73.6 Å². The fraction of sp³-hybridized carbons (Fsp3) is 0.462. The predicted octanol–water partition coefficient (Wildman–Crippen LogP) is 2.16. The number of hydrogen-bond acceptors (Lipinski definition) is 5. The fourth-order valence-corrected chi connectivity index (χ4v) is 2.36. The van der Waals surface area contributed by atoms with Gasteiger partial charge in [0.2, 0.25) is 0 Å². The van der Waals surface area contributed by atoms with Crippen LogP contribution in [0.3, 0.4) is 0 Å². The Balaban J connectivity index is 2.19. The van der Waals surface area contributed by atoms with Crippen molar-refractivity contribution in [2.45, 2.75) is 6.42 Å². The molecule has 5 nitrogen and oxygen atoms in total. The molecule has 3 N–H and O–H groups in total. The van der Waals surface area contributed by atoms with Crippen LogP contribution >= 0.6 is 11.6 Å². The Morgan fingerprint density at radius 3 is 3.05 bits per heavy atom. The van der Waals surface area contributed by atoms with Crippen molar-refractivity contribution in [1.29, 1.82) is 0 Å². The molecular formula is C13H17ClN2O3. The van der Waals surface area contributed by atoms with Crippen LogP contribution in [0.15, 0.2) is 12.1 Å². The number of halogens is 1. The van der Waals surface area contributed by atoms with Gasteiger partial charge in [0.05, 0.1) is 30.0 Å². The van der Waals surface area contributed by atoms with Crippen molar-refractivity contribution in [2.24, 2.45) is 5.92 Å². The van der Waals surface area contributed by atoms with Crippen LogP contribution in [0.5, 0.6) is 0 Å². The zero-order valence-corrected chi connectivity index (χ0v) is 11.5. The van der Waals surface area contributed by atoms with E-state index in [4.69, 9.17) is 26.8 Å². The maximum atomic E-state index is 11.7. The van der Waals surface area contributed by atoms with Gasteiger partial charge in [0, 0.05) is 24.8 Å². The number of anilines is 2. The first kappa shape index (κ1) is 14.0. The van der Waals surface area contributed by atoms with Crippen LogP contribution in [0, 0.1) is 5.92 Å². The van der Waals surface area contributed by atoms with E-state index in [1.165, 1.54) is 7.11 Å². The van der Waals surface area contributed by atoms with Crippen LogP contribution in [0.2, 0.25) is 5.02 Å². The maximum absolute atomic E-state index is 11.7. The minimum Gasteiger partial charge on any atom is -0.465 e. The van der Waals surface area contributed by atoms with Crippen LogP contribution in [-0.2, 0) is 9.47 Å². The molecule has 104 valence electrons. The van der Waals surface area contributed by atoms with Gasteiger partial charge >= 0.3 is 5.97 Å². The molecule has 1 unspecified atom stereocenters. The van der Waals surface area contributed by atoms with Crippen molar-refractivity contribution in [2.75, 3.05) is 37.9 Å². The van der Waals surface area contributed by atoms with E-state index in [-0.39, 0.29) is 0 Å². The highest BCUT2D eigenvalue weighted by Crippen LogP contribution is 2.30. The number of nitrogens with one attached hydrogen (secondary N) is 1. The van der Waals surface area contributed by atoms with E-state index in [0.29, 0.717) is 34.4 Å². The standard InChI is InChI=1S/C13H17ClN2O3/c1-18-13(17)10-4-9(15)5-11(14)12(10)16-6-8-2-3-19-7-8/h4-5,8,16H,2-3,6-7,15H2,1H3. The third-order valence-electron chi connectivity index (χ3n) is 3.11. The van der Waals surface area contributed by atoms with E-state index in [1.54, 1.807) is 12.1 Å². The Bertz CT molecular complexity index is 473. The molecule has 1 aromatic carbocycles. The second kappa shape index (κ2) is 6.12. The average Bonchev–Trinajstić information content (AvgIpc) is 2.89. The lowest BCUT2D eigenvalue weighted by Gasteiger charge is -2.15. The maximum Gasteiger partial charge on any atom is 0.340 e. The second-order valence-electron chi connectivity index (χ2n) is 4.53. The molecule has 1 aliphatic rings. The molecule has 1 atom stereocenters. The van der Waals surface area contributed by atoms with Gasteiger partial charge in [0.1, 0.15) is 0 Å². The van der Waals surface area contributed by atoms with Gasteiger partial charge in [-0.1, -0.05) is 11.6 Å². The van der Waals surface area contributed by atoms with Crippen LogP contribution in [-0.4, -0.2) is 32.8 Å². The first-order chi connectivity index (χ1) is 9.11. The highest BCUT2D eigenvalue weighted by molar-refractivity contribution is 6.34. The number of carbonyl (C=O) groups is 1. The number of methoxy groups -OCH3 is 1. The Morgan fingerprint density at radius 1 is 1.63 bits per heavy atom. The summed E-state index contributed by atoms with van der Waals surface area (Å²) in [6.07, 6.45) is 1.01. The molecular weight excluding hydrogens is 268 g/mol. The van der Waals surface area contributed by atoms with Gasteiger partial charge in [0.15, 0.2) is 0 Å². The summed E-state index contributed by atoms with van der Waals surface area (Å²) in [7, 11) is 1.33. The van der Waals surface area contributed by atoms with Crippen LogP contribution in [0.1, 0.15) is 16.8 Å². The van der Waals surface area contributed by atoms with E-state index >= 15 is 0 Å². The zero-order chi connectivity index (χ0) is 13.8. The number of rotatable bonds is 4. The van der Waals surface area contributed by atoms with Gasteiger partial charge in [-0.2, -0.15) is 0 Å². The van der Waals surface area contributed by atoms with Crippen LogP contribution < -0.4 is 11.1 Å². The highest BCUT2D eigenvalue weighted by Gasteiger charge is 2.19. The van der Waals surface area contributed by atoms with Gasteiger partial charge in [-0.3, -0.25) is 0 Å². The van der Waals surface area contributed by atoms with Crippen molar-refractivity contribution in [3.63, 3.8) is 0 Å². The summed E-state index contributed by atoms with van der Waals surface area (Å²) >= 11 is 6.14. The van der Waals surface area contributed by atoms with Gasteiger partial charge < -0.3 is 20.5 Å². The molecule has 0 amide bonds. The number of nitrogen functional groups attached to an aromatic ring is 1. The van der Waals surface area contributed by atoms with Crippen LogP contribution in [0.4, 0.5) is 11.4 Å². The third kappa shape index (κ3) is 3.30. The first-order valence-corrected chi connectivity index (χ1v) is 6.48. The molecule has 0 spiro atoms. The molecule has 0 bridgehead atoms. The summed E-state index contributed by atoms with van der Waals surface area (Å²) in [6, 6.07) is 3.17. The summed E-state index contributed by atoms with van der Waals surface area (Å²) in [5.74, 6) is -0.0292. The smallest absolute Gasteiger partial charge is 0.340 e. The third-order valence-corrected chi connectivity index (χ3v) is 3.41. The predicted molar refractivity (Wildman–Crippen MR) is 74.6 cm³/mol. The van der Waals surface area contributed by atoms with Crippen molar-refractivity contribution in [3.8, 4) is 0 Å². The van der Waals surface area contributed by atoms with E-state index in [9.17, 15) is 4.79 Å². The molecule has 1 saturated heterocycles. The van der Waals surface area contributed by atoms with Crippen molar-refractivity contribution >= 4 is 28.9 Å². The lowest BCUT2D eigenvalue weighted by Crippen LogP contribution is -2.17. The SMILES string of the molecule is COC(=O)c1cc(N)cc(Cl)c1NCC1CCOC1. The summed E-state index contributed by atoms with van der Waals surface area (Å²) in [5, 5.41) is 3.61. The number of nitrogens with two attached hydrogens (primary N) is 1. The molecule has 6 heteroatoms. The number of carbonyl (C=O) groups excluding carboxylic acids is 1. The van der Waals surface area contributed by atoms with Gasteiger partial charge in [-0.05, 0) is 18.6 Å². The number of ether oxygens (including phenoxy) is 2. The first-order valence-electron chi connectivity index (χ1n) is 6.10. The van der Waals surface area contributed by atoms with Crippen LogP contribution in [0.25, 0.3) is 0 Å². The minimum absolute atomic E-state index is 0.353. The molecule has 0 aliphatic carbocycles. The molecule has 2 rings (SSSR count). The van der Waals surface area contributed by atoms with Crippen molar-refractivity contribution < 1.29 is 14.3 Å².